The molecule has 25 heavy (non-hydrogen) atoms. The van der Waals surface area contributed by atoms with Crippen LogP contribution in [0.2, 0.25) is 15.1 Å². The fourth-order valence-electron chi connectivity index (χ4n) is 2.07. The zero-order chi connectivity index (χ0) is 18.2. The molecule has 0 fully saturated rings. The van der Waals surface area contributed by atoms with Crippen LogP contribution in [-0.4, -0.2) is 12.5 Å². The van der Waals surface area contributed by atoms with Gasteiger partial charge in [0.25, 0.3) is 0 Å². The predicted octanol–water partition coefficient (Wildman–Crippen LogP) is 6.05. The van der Waals surface area contributed by atoms with Crippen molar-refractivity contribution >= 4 is 52.4 Å². The van der Waals surface area contributed by atoms with Gasteiger partial charge in [0.15, 0.2) is 0 Å². The highest BCUT2D eigenvalue weighted by Gasteiger charge is 2.06. The molecule has 0 aromatic heterocycles. The van der Waals surface area contributed by atoms with Gasteiger partial charge in [0, 0.05) is 33.3 Å². The molecule has 1 N–H and O–H groups in total. The van der Waals surface area contributed by atoms with Crippen LogP contribution in [0, 0.1) is 0 Å². The Balaban J connectivity index is 2.40. The Hall–Kier alpha value is -2.00. The molecule has 1 amide bonds. The molecule has 2 nitrogen and oxygen atoms in total. The first kappa shape index (κ1) is 19.3. The summed E-state index contributed by atoms with van der Waals surface area (Å²) in [6, 6.07) is 12.6. The molecule has 0 radical (unpaired) electrons. The minimum Gasteiger partial charge on any atom is -0.349 e. The van der Waals surface area contributed by atoms with Gasteiger partial charge in [0.1, 0.15) is 0 Å². The molecule has 0 aliphatic rings. The number of benzene rings is 2. The lowest BCUT2D eigenvalue weighted by Crippen LogP contribution is -2.20. The monoisotopic (exact) mass is 391 g/mol. The van der Waals surface area contributed by atoms with E-state index in [0.717, 1.165) is 16.7 Å². The molecule has 2 aromatic rings. The van der Waals surface area contributed by atoms with Crippen molar-refractivity contribution in [2.24, 2.45) is 0 Å². The van der Waals surface area contributed by atoms with Gasteiger partial charge in [-0.3, -0.25) is 4.79 Å². The second-order valence-corrected chi connectivity index (χ2v) is 6.42. The molecule has 0 spiro atoms. The van der Waals surface area contributed by atoms with Gasteiger partial charge in [-0.2, -0.15) is 0 Å². The average molecular weight is 393 g/mol. The lowest BCUT2D eigenvalue weighted by molar-refractivity contribution is -0.116. The summed E-state index contributed by atoms with van der Waals surface area (Å²) in [5.74, 6) is -0.216. The summed E-state index contributed by atoms with van der Waals surface area (Å²) in [5.41, 5.74) is 2.48. The topological polar surface area (TPSA) is 29.1 Å². The van der Waals surface area contributed by atoms with Gasteiger partial charge in [0.2, 0.25) is 5.91 Å². The third-order valence-electron chi connectivity index (χ3n) is 3.27. The molecular formula is C20H16Cl3NO. The minimum atomic E-state index is -0.216. The van der Waals surface area contributed by atoms with Gasteiger partial charge >= 0.3 is 0 Å². The Morgan fingerprint density at radius 3 is 2.32 bits per heavy atom. The normalized spacial score (nSPS) is 11.6. The van der Waals surface area contributed by atoms with Crippen molar-refractivity contribution in [1.82, 2.24) is 5.32 Å². The van der Waals surface area contributed by atoms with Gasteiger partial charge in [-0.15, -0.1) is 6.58 Å². The number of carbonyl (C=O) groups is 1. The number of amides is 1. The van der Waals surface area contributed by atoms with Crippen molar-refractivity contribution < 1.29 is 4.79 Å². The van der Waals surface area contributed by atoms with Crippen LogP contribution < -0.4 is 5.32 Å². The standard InChI is InChI=1S/C20H16Cl3NO/c1-2-11-24-20(25)10-5-15(12-14-3-6-16(21)7-4-14)18-9-8-17(22)13-19(18)23/h2-10,12-13H,1,11H2,(H,24,25). The Bertz CT molecular complexity index is 823. The third kappa shape index (κ3) is 6.09. The summed E-state index contributed by atoms with van der Waals surface area (Å²) >= 11 is 18.2. The van der Waals surface area contributed by atoms with E-state index in [9.17, 15) is 4.79 Å². The molecule has 0 saturated carbocycles. The fraction of sp³-hybridized carbons (Fsp3) is 0.0500. The second kappa shape index (κ2) is 9.47. The van der Waals surface area contributed by atoms with Crippen LogP contribution >= 0.6 is 34.8 Å². The molecule has 0 atom stereocenters. The number of carbonyl (C=O) groups excluding carboxylic acids is 1. The van der Waals surface area contributed by atoms with E-state index < -0.39 is 0 Å². The first-order chi connectivity index (χ1) is 12.0. The smallest absolute Gasteiger partial charge is 0.244 e. The minimum absolute atomic E-state index is 0.216. The number of hydrogen-bond donors (Lipinski definition) is 1. The summed E-state index contributed by atoms with van der Waals surface area (Å²) in [6.45, 7) is 3.97. The van der Waals surface area contributed by atoms with E-state index in [1.165, 1.54) is 6.08 Å². The second-order valence-electron chi connectivity index (χ2n) is 5.14. The highest BCUT2D eigenvalue weighted by molar-refractivity contribution is 6.36. The van der Waals surface area contributed by atoms with Gasteiger partial charge in [-0.1, -0.05) is 59.1 Å². The molecule has 128 valence electrons. The van der Waals surface area contributed by atoms with Gasteiger partial charge in [-0.25, -0.2) is 0 Å². The Morgan fingerprint density at radius 1 is 1.00 bits per heavy atom. The van der Waals surface area contributed by atoms with Crippen LogP contribution in [0.1, 0.15) is 11.1 Å². The lowest BCUT2D eigenvalue weighted by atomic mass is 10.0. The maximum absolute atomic E-state index is 11.8. The molecule has 5 heteroatoms. The maximum atomic E-state index is 11.8. The molecule has 0 unspecified atom stereocenters. The van der Waals surface area contributed by atoms with E-state index in [-0.39, 0.29) is 5.91 Å². The molecule has 0 heterocycles. The number of rotatable bonds is 6. The van der Waals surface area contributed by atoms with Crippen LogP contribution in [0.25, 0.3) is 11.6 Å². The van der Waals surface area contributed by atoms with E-state index >= 15 is 0 Å². The average Bonchev–Trinajstić information content (AvgIpc) is 2.59. The van der Waals surface area contributed by atoms with E-state index in [1.807, 2.05) is 24.3 Å². The number of nitrogens with one attached hydrogen (secondary N) is 1. The van der Waals surface area contributed by atoms with Crippen molar-refractivity contribution in [3.8, 4) is 0 Å². The fourth-order valence-corrected chi connectivity index (χ4v) is 2.72. The van der Waals surface area contributed by atoms with Crippen LogP contribution in [0.5, 0.6) is 0 Å². The Labute approximate surface area is 162 Å². The van der Waals surface area contributed by atoms with E-state index in [2.05, 4.69) is 11.9 Å². The SMILES string of the molecule is C=CCNC(=O)C=CC(=Cc1ccc(Cl)cc1)c1ccc(Cl)cc1Cl. The van der Waals surface area contributed by atoms with E-state index in [4.69, 9.17) is 34.8 Å². The quantitative estimate of drug-likeness (QED) is 0.276. The number of hydrogen-bond acceptors (Lipinski definition) is 1. The summed E-state index contributed by atoms with van der Waals surface area (Å²) in [6.07, 6.45) is 6.70. The highest BCUT2D eigenvalue weighted by Crippen LogP contribution is 2.29. The molecule has 0 aliphatic heterocycles. The third-order valence-corrected chi connectivity index (χ3v) is 4.07. The zero-order valence-corrected chi connectivity index (χ0v) is 15.6. The largest absolute Gasteiger partial charge is 0.349 e. The molecule has 0 saturated heterocycles. The number of halogens is 3. The first-order valence-corrected chi connectivity index (χ1v) is 8.62. The van der Waals surface area contributed by atoms with E-state index in [1.54, 1.807) is 36.4 Å². The summed E-state index contributed by atoms with van der Waals surface area (Å²) in [7, 11) is 0. The Kier molecular flexibility index (Phi) is 7.32. The van der Waals surface area contributed by atoms with Crippen molar-refractivity contribution in [2.45, 2.75) is 0 Å². The van der Waals surface area contributed by atoms with Gasteiger partial charge < -0.3 is 5.32 Å². The zero-order valence-electron chi connectivity index (χ0n) is 13.3. The van der Waals surface area contributed by atoms with Gasteiger partial charge in [0.05, 0.1) is 0 Å². The lowest BCUT2D eigenvalue weighted by Gasteiger charge is -2.07. The van der Waals surface area contributed by atoms with Crippen LogP contribution in [0.3, 0.4) is 0 Å². The maximum Gasteiger partial charge on any atom is 0.244 e. The van der Waals surface area contributed by atoms with Crippen LogP contribution in [0.4, 0.5) is 0 Å². The molecular weight excluding hydrogens is 377 g/mol. The molecule has 0 aliphatic carbocycles. The predicted molar refractivity (Wildman–Crippen MR) is 108 cm³/mol. The summed E-state index contributed by atoms with van der Waals surface area (Å²) in [5, 5.41) is 4.40. The van der Waals surface area contributed by atoms with Crippen molar-refractivity contribution in [3.05, 3.63) is 93.5 Å². The van der Waals surface area contributed by atoms with Crippen LogP contribution in [-0.2, 0) is 4.79 Å². The number of allylic oxidation sites excluding steroid dienone is 2. The van der Waals surface area contributed by atoms with E-state index in [0.29, 0.717) is 21.6 Å². The molecule has 0 bridgehead atoms. The molecule has 2 rings (SSSR count). The van der Waals surface area contributed by atoms with Crippen LogP contribution in [0.15, 0.2) is 67.3 Å². The van der Waals surface area contributed by atoms with Gasteiger partial charge in [-0.05, 0) is 47.6 Å². The van der Waals surface area contributed by atoms with Crippen molar-refractivity contribution in [3.63, 3.8) is 0 Å². The van der Waals surface area contributed by atoms with Crippen molar-refractivity contribution in [2.75, 3.05) is 6.54 Å². The summed E-state index contributed by atoms with van der Waals surface area (Å²) < 4.78 is 0. The molecule has 2 aromatic carbocycles. The first-order valence-electron chi connectivity index (χ1n) is 7.49. The summed E-state index contributed by atoms with van der Waals surface area (Å²) in [4.78, 5) is 11.8. The van der Waals surface area contributed by atoms with Crippen molar-refractivity contribution in [1.29, 1.82) is 0 Å². The Morgan fingerprint density at radius 2 is 1.68 bits per heavy atom. The highest BCUT2D eigenvalue weighted by atomic mass is 35.5.